The van der Waals surface area contributed by atoms with Crippen molar-refractivity contribution in [1.29, 1.82) is 0 Å². The molecule has 0 bridgehead atoms. The van der Waals surface area contributed by atoms with Crippen LogP contribution >= 0.6 is 15.9 Å². The number of likely N-dealkylation sites (N-methyl/N-ethyl adjacent to an activating group) is 1. The lowest BCUT2D eigenvalue weighted by Crippen LogP contribution is -2.34. The number of aliphatic hydroxyl groups is 1. The molecule has 1 aliphatic carbocycles. The Hall–Kier alpha value is -2.63. The summed E-state index contributed by atoms with van der Waals surface area (Å²) in [7, 11) is 1.65. The molecule has 0 aliphatic heterocycles. The Morgan fingerprint density at radius 2 is 1.66 bits per heavy atom. The third-order valence-corrected chi connectivity index (χ3v) is 5.99. The molecular weight excluding hydrogens is 430 g/mol. The van der Waals surface area contributed by atoms with Gasteiger partial charge in [-0.15, -0.1) is 0 Å². The molecule has 29 heavy (non-hydrogen) atoms. The minimum Gasteiger partial charge on any atom is -0.448 e. The normalized spacial score (nSPS) is 13.5. The van der Waals surface area contributed by atoms with E-state index >= 15 is 0 Å². The highest BCUT2D eigenvalue weighted by atomic mass is 79.9. The van der Waals surface area contributed by atoms with Gasteiger partial charge in [0, 0.05) is 17.4 Å². The van der Waals surface area contributed by atoms with E-state index in [-0.39, 0.29) is 19.1 Å². The predicted molar refractivity (Wildman–Crippen MR) is 117 cm³/mol. The monoisotopic (exact) mass is 451 g/mol. The number of amides is 1. The van der Waals surface area contributed by atoms with Crippen LogP contribution in [0.25, 0.3) is 11.1 Å². The quantitative estimate of drug-likeness (QED) is 0.567. The average molecular weight is 452 g/mol. The summed E-state index contributed by atoms with van der Waals surface area (Å²) in [6.07, 6.45) is -0.453. The number of aliphatic hydroxyl groups excluding tert-OH is 1. The van der Waals surface area contributed by atoms with Gasteiger partial charge in [0.25, 0.3) is 0 Å². The second-order valence-corrected chi connectivity index (χ2v) is 8.08. The summed E-state index contributed by atoms with van der Waals surface area (Å²) in [6.45, 7) is 0.0744. The number of halogens is 1. The Kier molecular flexibility index (Phi) is 5.69. The Labute approximate surface area is 178 Å². The number of fused-ring (bicyclic) bond motifs is 3. The van der Waals surface area contributed by atoms with Gasteiger partial charge in [0.05, 0.1) is 12.6 Å². The highest BCUT2D eigenvalue weighted by Crippen LogP contribution is 2.44. The molecule has 1 unspecified atom stereocenters. The van der Waals surface area contributed by atoms with Crippen molar-refractivity contribution in [2.75, 3.05) is 20.3 Å². The summed E-state index contributed by atoms with van der Waals surface area (Å²) in [5, 5.41) is 9.86. The summed E-state index contributed by atoms with van der Waals surface area (Å²) >= 11 is 3.44. The number of carbonyl (C=O) groups is 1. The van der Waals surface area contributed by atoms with Gasteiger partial charge in [-0.25, -0.2) is 4.79 Å². The predicted octanol–water partition coefficient (Wildman–Crippen LogP) is 5.36. The molecular formula is C24H22BrNO3. The van der Waals surface area contributed by atoms with Crippen molar-refractivity contribution in [2.45, 2.75) is 12.0 Å². The molecule has 3 aromatic carbocycles. The van der Waals surface area contributed by atoms with Crippen molar-refractivity contribution >= 4 is 22.0 Å². The van der Waals surface area contributed by atoms with E-state index < -0.39 is 12.1 Å². The summed E-state index contributed by atoms with van der Waals surface area (Å²) in [5.41, 5.74) is 5.59. The largest absolute Gasteiger partial charge is 0.448 e. The number of hydrogen-bond donors (Lipinski definition) is 1. The highest BCUT2D eigenvalue weighted by Gasteiger charge is 2.30. The van der Waals surface area contributed by atoms with Crippen LogP contribution in [-0.2, 0) is 4.74 Å². The number of benzene rings is 3. The fourth-order valence-electron chi connectivity index (χ4n) is 3.99. The van der Waals surface area contributed by atoms with Crippen LogP contribution in [0.2, 0.25) is 0 Å². The van der Waals surface area contributed by atoms with Crippen molar-refractivity contribution in [3.05, 3.63) is 94.0 Å². The van der Waals surface area contributed by atoms with Gasteiger partial charge in [0.2, 0.25) is 0 Å². The lowest BCUT2D eigenvalue weighted by molar-refractivity contribution is 0.0789. The highest BCUT2D eigenvalue weighted by molar-refractivity contribution is 9.10. The van der Waals surface area contributed by atoms with Gasteiger partial charge in [-0.2, -0.15) is 0 Å². The number of nitrogens with zero attached hydrogens (tertiary/aromatic N) is 1. The van der Waals surface area contributed by atoms with Gasteiger partial charge in [0.15, 0.2) is 0 Å². The van der Waals surface area contributed by atoms with E-state index in [9.17, 15) is 9.90 Å². The molecule has 0 saturated heterocycles. The van der Waals surface area contributed by atoms with Crippen LogP contribution < -0.4 is 0 Å². The SMILES string of the molecule is CN(C(=O)OCC1c2ccccc2-c2ccccc21)C(CO)c1cccc(Br)c1. The molecule has 3 aromatic rings. The average Bonchev–Trinajstić information content (AvgIpc) is 3.06. The lowest BCUT2D eigenvalue weighted by Gasteiger charge is -2.27. The summed E-state index contributed by atoms with van der Waals surface area (Å²) < 4.78 is 6.60. The zero-order chi connectivity index (χ0) is 20.4. The van der Waals surface area contributed by atoms with Crippen LogP contribution in [0.4, 0.5) is 4.79 Å². The second kappa shape index (κ2) is 8.39. The van der Waals surface area contributed by atoms with Gasteiger partial charge in [0.1, 0.15) is 6.61 Å². The maximum atomic E-state index is 12.8. The van der Waals surface area contributed by atoms with Crippen LogP contribution in [0.1, 0.15) is 28.7 Å². The van der Waals surface area contributed by atoms with Crippen molar-refractivity contribution in [3.63, 3.8) is 0 Å². The van der Waals surface area contributed by atoms with Crippen LogP contribution in [0.15, 0.2) is 77.3 Å². The molecule has 1 N–H and O–H groups in total. The van der Waals surface area contributed by atoms with Crippen molar-refractivity contribution in [3.8, 4) is 11.1 Å². The lowest BCUT2D eigenvalue weighted by atomic mass is 9.98. The van der Waals surface area contributed by atoms with Crippen LogP contribution in [-0.4, -0.2) is 36.4 Å². The van der Waals surface area contributed by atoms with Crippen molar-refractivity contribution in [2.24, 2.45) is 0 Å². The molecule has 0 spiro atoms. The maximum absolute atomic E-state index is 12.8. The molecule has 4 rings (SSSR count). The van der Waals surface area contributed by atoms with E-state index in [0.717, 1.165) is 10.0 Å². The molecule has 1 aliphatic rings. The van der Waals surface area contributed by atoms with Crippen molar-refractivity contribution < 1.29 is 14.6 Å². The molecule has 5 heteroatoms. The van der Waals surface area contributed by atoms with Gasteiger partial charge < -0.3 is 14.7 Å². The molecule has 0 aromatic heterocycles. The van der Waals surface area contributed by atoms with Gasteiger partial charge in [-0.1, -0.05) is 76.6 Å². The third kappa shape index (κ3) is 3.80. The molecule has 1 atom stereocenters. The van der Waals surface area contributed by atoms with E-state index in [2.05, 4.69) is 40.2 Å². The first-order valence-electron chi connectivity index (χ1n) is 9.54. The zero-order valence-corrected chi connectivity index (χ0v) is 17.7. The fraction of sp³-hybridized carbons (Fsp3) is 0.208. The summed E-state index contributed by atoms with van der Waals surface area (Å²) in [5.74, 6) is 0.0122. The molecule has 0 fully saturated rings. The van der Waals surface area contributed by atoms with Crippen LogP contribution in [0, 0.1) is 0 Å². The van der Waals surface area contributed by atoms with E-state index in [1.807, 2.05) is 48.5 Å². The molecule has 4 nitrogen and oxygen atoms in total. The first-order chi connectivity index (χ1) is 14.1. The maximum Gasteiger partial charge on any atom is 0.410 e. The number of rotatable bonds is 5. The molecule has 148 valence electrons. The molecule has 0 heterocycles. The number of ether oxygens (including phenoxy) is 1. The van der Waals surface area contributed by atoms with E-state index in [1.165, 1.54) is 27.2 Å². The molecule has 1 amide bonds. The second-order valence-electron chi connectivity index (χ2n) is 7.17. The number of carbonyl (C=O) groups excluding carboxylic acids is 1. The zero-order valence-electron chi connectivity index (χ0n) is 16.1. The Bertz CT molecular complexity index is 990. The molecule has 0 saturated carbocycles. The van der Waals surface area contributed by atoms with E-state index in [0.29, 0.717) is 0 Å². The summed E-state index contributed by atoms with van der Waals surface area (Å²) in [6, 6.07) is 23.6. The van der Waals surface area contributed by atoms with E-state index in [1.54, 1.807) is 7.05 Å². The Morgan fingerprint density at radius 3 is 2.24 bits per heavy atom. The first kappa shape index (κ1) is 19.7. The smallest absolute Gasteiger partial charge is 0.410 e. The topological polar surface area (TPSA) is 49.8 Å². The first-order valence-corrected chi connectivity index (χ1v) is 10.3. The Morgan fingerprint density at radius 1 is 1.03 bits per heavy atom. The molecule has 0 radical (unpaired) electrons. The minimum absolute atomic E-state index is 0.0122. The third-order valence-electron chi connectivity index (χ3n) is 5.50. The van der Waals surface area contributed by atoms with E-state index in [4.69, 9.17) is 4.74 Å². The summed E-state index contributed by atoms with van der Waals surface area (Å²) in [4.78, 5) is 14.2. The standard InChI is InChI=1S/C24H22BrNO3/c1-26(23(14-27)16-7-6-8-17(25)13-16)24(28)29-15-22-20-11-4-2-9-18(20)19-10-3-5-12-21(19)22/h2-13,22-23,27H,14-15H2,1H3. The van der Waals surface area contributed by atoms with Crippen LogP contribution in [0.3, 0.4) is 0 Å². The fourth-order valence-corrected chi connectivity index (χ4v) is 4.41. The number of hydrogen-bond acceptors (Lipinski definition) is 3. The van der Waals surface area contributed by atoms with Gasteiger partial charge in [-0.3, -0.25) is 0 Å². The Balaban J connectivity index is 1.51. The van der Waals surface area contributed by atoms with Crippen molar-refractivity contribution in [1.82, 2.24) is 4.90 Å². The minimum atomic E-state index is -0.469. The van der Waals surface area contributed by atoms with Gasteiger partial charge >= 0.3 is 6.09 Å². The van der Waals surface area contributed by atoms with Crippen LogP contribution in [0.5, 0.6) is 0 Å². The van der Waals surface area contributed by atoms with Gasteiger partial charge in [-0.05, 0) is 39.9 Å².